The summed E-state index contributed by atoms with van der Waals surface area (Å²) >= 11 is 0. The molecule has 0 bridgehead atoms. The van der Waals surface area contributed by atoms with E-state index in [0.29, 0.717) is 0 Å². The number of benzene rings is 6. The van der Waals surface area contributed by atoms with E-state index in [-0.39, 0.29) is 112 Å². The van der Waals surface area contributed by atoms with Gasteiger partial charge in [-0.15, -0.1) is 0 Å². The summed E-state index contributed by atoms with van der Waals surface area (Å²) in [5, 5.41) is 0. The molecule has 386 valence electrons. The zero-order chi connectivity index (χ0) is 51.6. The van der Waals surface area contributed by atoms with E-state index >= 15 is 0 Å². The Kier molecular flexibility index (Phi) is 16.0. The quantitative estimate of drug-likeness (QED) is 0.0541. The first-order valence-corrected chi connectivity index (χ1v) is 26.2. The van der Waals surface area contributed by atoms with E-state index in [1.54, 1.807) is 109 Å². The van der Waals surface area contributed by atoms with Crippen LogP contribution in [0.1, 0.15) is 0 Å². The summed E-state index contributed by atoms with van der Waals surface area (Å²) in [6, 6.07) is 29.6. The van der Waals surface area contributed by atoms with E-state index in [0.717, 1.165) is 0 Å². The summed E-state index contributed by atoms with van der Waals surface area (Å²) in [5.41, 5.74) is 0. The Balaban J connectivity index is 1.74. The third-order valence-electron chi connectivity index (χ3n) is 10.5. The zero-order valence-electron chi connectivity index (χ0n) is 41.5. The van der Waals surface area contributed by atoms with Gasteiger partial charge in [-0.2, -0.15) is 0 Å². The summed E-state index contributed by atoms with van der Waals surface area (Å²) in [5.74, 6) is 1.86. The third-order valence-corrected chi connectivity index (χ3v) is 19.7. The molecule has 21 nitrogen and oxygen atoms in total. The van der Waals surface area contributed by atoms with E-state index in [9.17, 15) is 0 Å². The van der Waals surface area contributed by atoms with Crippen molar-refractivity contribution >= 4 is 23.7 Å². The fourth-order valence-electron chi connectivity index (χ4n) is 7.49. The molecule has 0 radical (unpaired) electrons. The van der Waals surface area contributed by atoms with Crippen LogP contribution in [-0.4, -0.2) is 85.3 Å². The van der Waals surface area contributed by atoms with Crippen molar-refractivity contribution in [3.8, 4) is 103 Å². The number of nitrogens with zero attached hydrogens (tertiary/aromatic N) is 1. The summed E-state index contributed by atoms with van der Waals surface area (Å²) in [7, 11) is 4.93. The van der Waals surface area contributed by atoms with Crippen molar-refractivity contribution in [3.05, 3.63) is 109 Å². The molecule has 24 heteroatoms. The van der Waals surface area contributed by atoms with Crippen LogP contribution in [0.3, 0.4) is 0 Å². The summed E-state index contributed by atoms with van der Waals surface area (Å²) < 4.78 is 121. The van der Waals surface area contributed by atoms with Gasteiger partial charge < -0.3 is 0 Å². The first-order valence-electron chi connectivity index (χ1n) is 21.4. The SMILES string of the molecule is COc1cccc(OP2(Oc3cccc(OC)c3OC)(Oc3cccc(OC)c3OC)N=PNP(Oc3cccc(OC)c3OC)(Oc3cccc(OC)c3OC)(Oc3cccc(OC)c3OC)N2)c1OC. The molecule has 7 rings (SSSR count). The molecular weight excluding hydrogens is 999 g/mol. The van der Waals surface area contributed by atoms with E-state index in [4.69, 9.17) is 88.5 Å². The maximum absolute atomic E-state index is 7.47. The maximum atomic E-state index is 7.47. The number of nitrogens with one attached hydrogen (secondary N) is 2. The van der Waals surface area contributed by atoms with Crippen LogP contribution in [0.4, 0.5) is 0 Å². The Morgan fingerprint density at radius 2 is 0.500 bits per heavy atom. The molecule has 1 aliphatic rings. The molecule has 0 amide bonds. The van der Waals surface area contributed by atoms with Gasteiger partial charge in [0.15, 0.2) is 0 Å². The molecule has 0 saturated carbocycles. The molecule has 1 heterocycles. The molecular formula is C48H56N3O18P3. The van der Waals surface area contributed by atoms with Gasteiger partial charge in [-0.25, -0.2) is 0 Å². The molecule has 0 aromatic heterocycles. The van der Waals surface area contributed by atoms with Crippen LogP contribution < -0.4 is 93.7 Å². The first kappa shape index (κ1) is 52.4. The molecule has 6 aromatic rings. The van der Waals surface area contributed by atoms with Crippen molar-refractivity contribution in [2.75, 3.05) is 85.3 Å². The van der Waals surface area contributed by atoms with Gasteiger partial charge in [0.05, 0.1) is 0 Å². The molecule has 0 saturated heterocycles. The van der Waals surface area contributed by atoms with Crippen LogP contribution in [0.25, 0.3) is 0 Å². The average molecular weight is 1060 g/mol. The molecule has 0 atom stereocenters. The number of hydrogen-bond acceptors (Lipinski definition) is 21. The monoisotopic (exact) mass is 1060 g/mol. The van der Waals surface area contributed by atoms with E-state index in [1.165, 1.54) is 85.3 Å². The Hall–Kier alpha value is -7.40. The van der Waals surface area contributed by atoms with Crippen LogP contribution >= 0.6 is 23.7 Å². The Bertz CT molecular complexity index is 2630. The number of para-hydroxylation sites is 6. The standard InChI is InChI=1S/C48H56N3O18P3/c1-52-31-19-13-25-37(43(31)58-7)64-71(65-38-26-14-20-32(53-2)44(38)59-8,66-39-27-15-21-33(54-3)45(39)60-9)49-70-50-72(51-71,67-40-28-16-22-34(55-4)46(40)61-10,68-41-29-17-23-35(56-5)47(41)62-11)69-42-30-18-24-36(57-6)48(42)63-12/h13-30,51H,1-12H3,(H,49,50). The summed E-state index contributed by atoms with van der Waals surface area (Å²) in [6.07, 6.45) is 0. The van der Waals surface area contributed by atoms with Crippen molar-refractivity contribution in [2.24, 2.45) is 4.52 Å². The Labute approximate surface area is 418 Å². The molecule has 6 aromatic carbocycles. The van der Waals surface area contributed by atoms with Crippen LogP contribution in [0.15, 0.2) is 114 Å². The van der Waals surface area contributed by atoms with Gasteiger partial charge in [-0.05, 0) is 0 Å². The topological polar surface area (TPSA) is 203 Å². The molecule has 0 aliphatic carbocycles. The summed E-state index contributed by atoms with van der Waals surface area (Å²) in [6.45, 7) is 0. The third kappa shape index (κ3) is 9.94. The molecule has 0 spiro atoms. The van der Waals surface area contributed by atoms with Gasteiger partial charge in [0.1, 0.15) is 0 Å². The predicted molar refractivity (Wildman–Crippen MR) is 271 cm³/mol. The van der Waals surface area contributed by atoms with Gasteiger partial charge in [-0.3, -0.25) is 0 Å². The van der Waals surface area contributed by atoms with Gasteiger partial charge >= 0.3 is 420 Å². The number of hydrogen-bond donors (Lipinski definition) is 2. The van der Waals surface area contributed by atoms with E-state index < -0.39 is 15.2 Å². The van der Waals surface area contributed by atoms with Crippen LogP contribution in [0, 0.1) is 0 Å². The van der Waals surface area contributed by atoms with Crippen LogP contribution in [0.5, 0.6) is 103 Å². The van der Waals surface area contributed by atoms with Crippen molar-refractivity contribution in [1.82, 2.24) is 9.72 Å². The van der Waals surface area contributed by atoms with Gasteiger partial charge in [0.2, 0.25) is 0 Å². The van der Waals surface area contributed by atoms with Gasteiger partial charge in [0.25, 0.3) is 0 Å². The first-order chi connectivity index (χ1) is 34.9. The fourth-order valence-corrected chi connectivity index (χ4v) is 17.8. The molecule has 0 unspecified atom stereocenters. The van der Waals surface area contributed by atoms with E-state index in [1.807, 2.05) is 0 Å². The van der Waals surface area contributed by atoms with Crippen molar-refractivity contribution in [2.45, 2.75) is 0 Å². The summed E-state index contributed by atoms with van der Waals surface area (Å²) in [4.78, 5) is 6.84. The molecule has 0 fully saturated rings. The van der Waals surface area contributed by atoms with Gasteiger partial charge in [0, 0.05) is 0 Å². The molecule has 1 aliphatic heterocycles. The van der Waals surface area contributed by atoms with E-state index in [2.05, 4.69) is 9.72 Å². The number of ether oxygens (including phenoxy) is 12. The second-order valence-electron chi connectivity index (χ2n) is 14.6. The van der Waals surface area contributed by atoms with Crippen LogP contribution in [0.2, 0.25) is 0 Å². The fraction of sp³-hybridized carbons (Fsp3) is 0.250. The molecule has 2 N–H and O–H groups in total. The van der Waals surface area contributed by atoms with Crippen molar-refractivity contribution in [3.63, 3.8) is 0 Å². The Morgan fingerprint density at radius 3 is 0.708 bits per heavy atom. The van der Waals surface area contributed by atoms with Crippen LogP contribution in [-0.2, 0) is 0 Å². The van der Waals surface area contributed by atoms with Crippen molar-refractivity contribution < 1.29 is 84.0 Å². The van der Waals surface area contributed by atoms with Crippen molar-refractivity contribution in [1.29, 1.82) is 0 Å². The zero-order valence-corrected chi connectivity index (χ0v) is 44.2. The normalized spacial score (nSPS) is 15.9. The average Bonchev–Trinajstić information content (AvgIpc) is 3.40. The minimum absolute atomic E-state index is 0.0242. The predicted octanol–water partition coefficient (Wildman–Crippen LogP) is 11.1. The number of rotatable bonds is 24. The molecule has 72 heavy (non-hydrogen) atoms. The second-order valence-corrected chi connectivity index (χ2v) is 21.7. The van der Waals surface area contributed by atoms with Gasteiger partial charge in [-0.1, -0.05) is 0 Å². The number of methoxy groups -OCH3 is 12. The minimum atomic E-state index is -6.22. The Morgan fingerprint density at radius 1 is 0.292 bits per heavy atom. The second kappa shape index (κ2) is 21.9.